The molecule has 9 heteroatoms. The zero-order chi connectivity index (χ0) is 36.0. The molecule has 1 amide bonds. The zero-order valence-electron chi connectivity index (χ0n) is 31.7. The van der Waals surface area contributed by atoms with Crippen molar-refractivity contribution < 1.29 is 39.8 Å². The summed E-state index contributed by atoms with van der Waals surface area (Å²) in [5, 5.41) is 54.1. The number of amides is 1. The van der Waals surface area contributed by atoms with Gasteiger partial charge < -0.3 is 40.3 Å². The monoisotopic (exact) mass is 702 g/mol. The molecular formula is C40H79NO8. The molecule has 6 N–H and O–H groups in total. The standard InChI is InChI=1S/C40H79NO8/c1-3-5-7-9-11-13-15-16-17-18-19-20-21-23-25-27-29-34(43)33(32-48-40-39(47)38(46)37(45)35(31-42)49-40)41-36(44)30-28-26-24-22-14-12-10-8-6-4-2/h33-35,37-40,42-43,45-47H,3-32H2,1-2H3,(H,41,44)/t33-,34+,35+,37-,38?,39?,40+/m0/s1. The van der Waals surface area contributed by atoms with Crippen LogP contribution in [0.25, 0.3) is 0 Å². The van der Waals surface area contributed by atoms with Gasteiger partial charge >= 0.3 is 0 Å². The van der Waals surface area contributed by atoms with E-state index in [4.69, 9.17) is 9.47 Å². The predicted molar refractivity (Wildman–Crippen MR) is 198 cm³/mol. The molecular weight excluding hydrogens is 622 g/mol. The van der Waals surface area contributed by atoms with E-state index in [1.807, 2.05) is 0 Å². The number of hydrogen-bond donors (Lipinski definition) is 6. The van der Waals surface area contributed by atoms with Crippen molar-refractivity contribution in [1.29, 1.82) is 0 Å². The zero-order valence-corrected chi connectivity index (χ0v) is 31.7. The maximum Gasteiger partial charge on any atom is 0.220 e. The number of carbonyl (C=O) groups excluding carboxylic acids is 1. The smallest absolute Gasteiger partial charge is 0.220 e. The van der Waals surface area contributed by atoms with E-state index in [0.29, 0.717) is 12.8 Å². The first-order valence-electron chi connectivity index (χ1n) is 20.7. The van der Waals surface area contributed by atoms with Gasteiger partial charge in [0.05, 0.1) is 25.4 Å². The van der Waals surface area contributed by atoms with Crippen LogP contribution in [-0.2, 0) is 14.3 Å². The Hall–Kier alpha value is -0.810. The second-order valence-electron chi connectivity index (χ2n) is 14.8. The minimum absolute atomic E-state index is 0.132. The van der Waals surface area contributed by atoms with Gasteiger partial charge in [0.25, 0.3) is 0 Å². The lowest BCUT2D eigenvalue weighted by atomic mass is 9.99. The van der Waals surface area contributed by atoms with E-state index in [1.165, 1.54) is 128 Å². The van der Waals surface area contributed by atoms with Gasteiger partial charge in [-0.15, -0.1) is 0 Å². The summed E-state index contributed by atoms with van der Waals surface area (Å²) in [4.78, 5) is 12.9. The molecule has 9 nitrogen and oxygen atoms in total. The highest BCUT2D eigenvalue weighted by Crippen LogP contribution is 2.23. The molecule has 0 saturated carbocycles. The highest BCUT2D eigenvalue weighted by Gasteiger charge is 2.44. The van der Waals surface area contributed by atoms with Crippen molar-refractivity contribution in [1.82, 2.24) is 5.32 Å². The van der Waals surface area contributed by atoms with Crippen molar-refractivity contribution in [2.24, 2.45) is 0 Å². The number of aliphatic hydroxyl groups excluding tert-OH is 5. The minimum Gasteiger partial charge on any atom is -0.394 e. The van der Waals surface area contributed by atoms with Gasteiger partial charge in [0.2, 0.25) is 5.91 Å². The summed E-state index contributed by atoms with van der Waals surface area (Å²) in [7, 11) is 0. The van der Waals surface area contributed by atoms with Crippen molar-refractivity contribution >= 4 is 5.91 Å². The fraction of sp³-hybridized carbons (Fsp3) is 0.975. The molecule has 292 valence electrons. The van der Waals surface area contributed by atoms with Gasteiger partial charge in [0, 0.05) is 6.42 Å². The third kappa shape index (κ3) is 23.4. The number of aliphatic hydroxyl groups is 5. The number of rotatable bonds is 34. The SMILES string of the molecule is CCCCCCCCCCCCCCCCCC[C@@H](O)[C@H](CO[C@@H]1O[C@H](CO)[C@H](O)C(O)C1O)NC(=O)CCCCCCCCCCCC. The summed E-state index contributed by atoms with van der Waals surface area (Å²) < 4.78 is 11.2. The van der Waals surface area contributed by atoms with Gasteiger partial charge in [-0.3, -0.25) is 4.79 Å². The molecule has 0 aromatic carbocycles. The number of carbonyl (C=O) groups is 1. The van der Waals surface area contributed by atoms with Crippen LogP contribution in [0, 0.1) is 0 Å². The largest absolute Gasteiger partial charge is 0.394 e. The molecule has 1 aliphatic heterocycles. The molecule has 1 fully saturated rings. The van der Waals surface area contributed by atoms with Crippen LogP contribution in [0.4, 0.5) is 0 Å². The van der Waals surface area contributed by atoms with Crippen LogP contribution < -0.4 is 5.32 Å². The summed E-state index contributed by atoms with van der Waals surface area (Å²) in [6.07, 6.45) is 25.4. The predicted octanol–water partition coefficient (Wildman–Crippen LogP) is 7.61. The molecule has 0 bridgehead atoms. The van der Waals surface area contributed by atoms with Gasteiger partial charge in [-0.2, -0.15) is 0 Å². The summed E-state index contributed by atoms with van der Waals surface area (Å²) >= 11 is 0. The van der Waals surface area contributed by atoms with Crippen LogP contribution in [0.3, 0.4) is 0 Å². The quantitative estimate of drug-likeness (QED) is 0.0376. The second kappa shape index (κ2) is 31.9. The van der Waals surface area contributed by atoms with E-state index in [1.54, 1.807) is 0 Å². The lowest BCUT2D eigenvalue weighted by Crippen LogP contribution is -2.60. The lowest BCUT2D eigenvalue weighted by Gasteiger charge is -2.40. The Morgan fingerprint density at radius 2 is 1.02 bits per heavy atom. The average Bonchev–Trinajstić information content (AvgIpc) is 3.10. The van der Waals surface area contributed by atoms with Crippen LogP contribution in [0.5, 0.6) is 0 Å². The third-order valence-electron chi connectivity index (χ3n) is 10.2. The van der Waals surface area contributed by atoms with Crippen LogP contribution in [0.2, 0.25) is 0 Å². The first-order chi connectivity index (χ1) is 23.8. The average molecular weight is 702 g/mol. The first kappa shape index (κ1) is 46.2. The molecule has 1 aliphatic rings. The Balaban J connectivity index is 2.36. The van der Waals surface area contributed by atoms with E-state index in [9.17, 15) is 30.3 Å². The topological polar surface area (TPSA) is 149 Å². The van der Waals surface area contributed by atoms with E-state index < -0.39 is 49.5 Å². The molecule has 0 radical (unpaired) electrons. The Morgan fingerprint density at radius 1 is 0.612 bits per heavy atom. The van der Waals surface area contributed by atoms with Crippen LogP contribution >= 0.6 is 0 Å². The molecule has 7 atom stereocenters. The molecule has 49 heavy (non-hydrogen) atoms. The van der Waals surface area contributed by atoms with Crippen molar-refractivity contribution in [3.63, 3.8) is 0 Å². The van der Waals surface area contributed by atoms with Crippen LogP contribution in [0.15, 0.2) is 0 Å². The molecule has 1 heterocycles. The third-order valence-corrected chi connectivity index (χ3v) is 10.2. The van der Waals surface area contributed by atoms with Gasteiger partial charge in [0.1, 0.15) is 24.4 Å². The Bertz CT molecular complexity index is 741. The van der Waals surface area contributed by atoms with Gasteiger partial charge in [-0.05, 0) is 12.8 Å². The molecule has 0 aliphatic carbocycles. The molecule has 1 saturated heterocycles. The number of nitrogens with one attached hydrogen (secondary N) is 1. The van der Waals surface area contributed by atoms with Crippen molar-refractivity contribution in [2.45, 2.75) is 236 Å². The molecule has 1 rings (SSSR count). The number of ether oxygens (including phenoxy) is 2. The van der Waals surface area contributed by atoms with Gasteiger partial charge in [-0.1, -0.05) is 174 Å². The Labute approximate surface area is 300 Å². The minimum atomic E-state index is -1.55. The molecule has 2 unspecified atom stereocenters. The maximum absolute atomic E-state index is 12.9. The highest BCUT2D eigenvalue weighted by molar-refractivity contribution is 5.76. The van der Waals surface area contributed by atoms with E-state index in [-0.39, 0.29) is 12.5 Å². The van der Waals surface area contributed by atoms with Gasteiger partial charge in [-0.25, -0.2) is 0 Å². The maximum atomic E-state index is 12.9. The number of unbranched alkanes of at least 4 members (excludes halogenated alkanes) is 24. The molecule has 0 aromatic heterocycles. The fourth-order valence-corrected chi connectivity index (χ4v) is 6.81. The molecule has 0 spiro atoms. The Kier molecular flexibility index (Phi) is 30.1. The van der Waals surface area contributed by atoms with Crippen LogP contribution in [-0.4, -0.2) is 87.5 Å². The molecule has 0 aromatic rings. The summed E-state index contributed by atoms with van der Waals surface area (Å²) in [5.41, 5.74) is 0. The normalized spacial score (nSPS) is 22.3. The lowest BCUT2D eigenvalue weighted by molar-refractivity contribution is -0.302. The summed E-state index contributed by atoms with van der Waals surface area (Å²) in [6.45, 7) is 3.81. The van der Waals surface area contributed by atoms with E-state index in [2.05, 4.69) is 19.2 Å². The second-order valence-corrected chi connectivity index (χ2v) is 14.8. The van der Waals surface area contributed by atoms with E-state index in [0.717, 1.165) is 38.5 Å². The summed E-state index contributed by atoms with van der Waals surface area (Å²) in [5.74, 6) is -0.145. The fourth-order valence-electron chi connectivity index (χ4n) is 6.81. The Morgan fingerprint density at radius 3 is 1.45 bits per heavy atom. The van der Waals surface area contributed by atoms with Crippen molar-refractivity contribution in [3.8, 4) is 0 Å². The first-order valence-corrected chi connectivity index (χ1v) is 20.7. The number of hydrogen-bond acceptors (Lipinski definition) is 8. The van der Waals surface area contributed by atoms with Crippen LogP contribution in [0.1, 0.15) is 194 Å². The highest BCUT2D eigenvalue weighted by atomic mass is 16.7. The van der Waals surface area contributed by atoms with Crippen molar-refractivity contribution in [2.75, 3.05) is 13.2 Å². The van der Waals surface area contributed by atoms with E-state index >= 15 is 0 Å². The summed E-state index contributed by atoms with van der Waals surface area (Å²) in [6, 6.07) is -0.709. The van der Waals surface area contributed by atoms with Gasteiger partial charge in [0.15, 0.2) is 6.29 Å². The van der Waals surface area contributed by atoms with Crippen molar-refractivity contribution in [3.05, 3.63) is 0 Å².